The molecule has 0 radical (unpaired) electrons. The average Bonchev–Trinajstić information content (AvgIpc) is 2.80. The Morgan fingerprint density at radius 3 is 2.53 bits per heavy atom. The summed E-state index contributed by atoms with van der Waals surface area (Å²) in [6.45, 7) is 7.63. The van der Waals surface area contributed by atoms with E-state index in [1.54, 1.807) is 6.92 Å². The molecule has 4 nitrogen and oxygen atoms in total. The Labute approximate surface area is 109 Å². The number of nitrogens with one attached hydrogen (secondary N) is 1. The van der Waals surface area contributed by atoms with Crippen molar-refractivity contribution in [2.75, 3.05) is 26.2 Å². The van der Waals surface area contributed by atoms with Gasteiger partial charge in [0.05, 0.1) is 10.4 Å². The molecule has 1 unspecified atom stereocenters. The van der Waals surface area contributed by atoms with Crippen LogP contribution in [-0.2, 0) is 4.79 Å². The van der Waals surface area contributed by atoms with Crippen molar-refractivity contribution in [2.45, 2.75) is 33.1 Å². The van der Waals surface area contributed by atoms with Crippen molar-refractivity contribution in [3.8, 4) is 0 Å². The van der Waals surface area contributed by atoms with E-state index in [1.165, 1.54) is 12.8 Å². The Morgan fingerprint density at radius 1 is 1.47 bits per heavy atom. The minimum absolute atomic E-state index is 0.0494. The molecule has 3 N–H and O–H groups in total. The first kappa shape index (κ1) is 14.4. The quantitative estimate of drug-likeness (QED) is 0.694. The van der Waals surface area contributed by atoms with Crippen LogP contribution in [0.1, 0.15) is 33.1 Å². The fourth-order valence-electron chi connectivity index (χ4n) is 1.98. The summed E-state index contributed by atoms with van der Waals surface area (Å²) >= 11 is 4.97. The highest BCUT2D eigenvalue weighted by atomic mass is 32.1. The molecular weight excluding hydrogens is 234 g/mol. The van der Waals surface area contributed by atoms with Gasteiger partial charge in [-0.1, -0.05) is 19.1 Å². The average molecular weight is 257 g/mol. The number of hydrogen-bond donors (Lipinski definition) is 2. The largest absolute Gasteiger partial charge is 0.392 e. The van der Waals surface area contributed by atoms with Crippen molar-refractivity contribution in [1.82, 2.24) is 10.2 Å². The summed E-state index contributed by atoms with van der Waals surface area (Å²) < 4.78 is 0. The minimum Gasteiger partial charge on any atom is -0.392 e. The second kappa shape index (κ2) is 6.31. The van der Waals surface area contributed by atoms with Gasteiger partial charge in [-0.05, 0) is 39.3 Å². The lowest BCUT2D eigenvalue weighted by atomic mass is 9.86. The van der Waals surface area contributed by atoms with E-state index in [1.807, 2.05) is 6.92 Å². The molecule has 1 rings (SSSR count). The van der Waals surface area contributed by atoms with Gasteiger partial charge in [0.15, 0.2) is 0 Å². The molecule has 0 spiro atoms. The second-order valence-electron chi connectivity index (χ2n) is 4.85. The SMILES string of the molecule is CCC(C)(C(=O)NCCN1CCCC1)C(N)=S. The van der Waals surface area contributed by atoms with Crippen LogP contribution in [0.4, 0.5) is 0 Å². The predicted octanol–water partition coefficient (Wildman–Crippen LogP) is 0.901. The van der Waals surface area contributed by atoms with E-state index >= 15 is 0 Å². The molecule has 1 aliphatic rings. The topological polar surface area (TPSA) is 58.4 Å². The first-order valence-corrected chi connectivity index (χ1v) is 6.72. The Hall–Kier alpha value is -0.680. The number of rotatable bonds is 6. The molecule has 1 saturated heterocycles. The smallest absolute Gasteiger partial charge is 0.232 e. The summed E-state index contributed by atoms with van der Waals surface area (Å²) in [5.41, 5.74) is 4.93. The van der Waals surface area contributed by atoms with Crippen LogP contribution in [0.25, 0.3) is 0 Å². The van der Waals surface area contributed by atoms with Crippen LogP contribution in [0.15, 0.2) is 0 Å². The lowest BCUT2D eigenvalue weighted by Crippen LogP contribution is -2.48. The zero-order valence-electron chi connectivity index (χ0n) is 10.8. The number of hydrogen-bond acceptors (Lipinski definition) is 3. The number of nitrogens with zero attached hydrogens (tertiary/aromatic N) is 1. The zero-order valence-corrected chi connectivity index (χ0v) is 11.6. The van der Waals surface area contributed by atoms with Gasteiger partial charge in [-0.2, -0.15) is 0 Å². The van der Waals surface area contributed by atoms with E-state index in [-0.39, 0.29) is 10.9 Å². The first-order chi connectivity index (χ1) is 8.00. The van der Waals surface area contributed by atoms with Gasteiger partial charge in [-0.15, -0.1) is 0 Å². The summed E-state index contributed by atoms with van der Waals surface area (Å²) in [5.74, 6) is -0.0494. The lowest BCUT2D eigenvalue weighted by Gasteiger charge is -2.26. The maximum atomic E-state index is 12.0. The molecule has 98 valence electrons. The van der Waals surface area contributed by atoms with Crippen LogP contribution >= 0.6 is 12.2 Å². The van der Waals surface area contributed by atoms with Crippen molar-refractivity contribution >= 4 is 23.1 Å². The zero-order chi connectivity index (χ0) is 12.9. The molecule has 0 aromatic rings. The fourth-order valence-corrected chi connectivity index (χ4v) is 2.21. The van der Waals surface area contributed by atoms with E-state index < -0.39 is 5.41 Å². The highest BCUT2D eigenvalue weighted by Crippen LogP contribution is 2.21. The maximum Gasteiger partial charge on any atom is 0.232 e. The number of thiocarbonyl (C=S) groups is 1. The summed E-state index contributed by atoms with van der Waals surface area (Å²) in [5, 5.41) is 2.93. The van der Waals surface area contributed by atoms with Crippen LogP contribution in [0, 0.1) is 5.41 Å². The number of amides is 1. The summed E-state index contributed by atoms with van der Waals surface area (Å²) in [7, 11) is 0. The highest BCUT2D eigenvalue weighted by molar-refractivity contribution is 7.80. The summed E-state index contributed by atoms with van der Waals surface area (Å²) in [4.78, 5) is 14.7. The van der Waals surface area contributed by atoms with Crippen molar-refractivity contribution in [3.63, 3.8) is 0 Å². The molecule has 1 fully saturated rings. The van der Waals surface area contributed by atoms with Crippen LogP contribution < -0.4 is 11.1 Å². The number of likely N-dealkylation sites (tertiary alicyclic amines) is 1. The predicted molar refractivity (Wildman–Crippen MR) is 73.9 cm³/mol. The van der Waals surface area contributed by atoms with Crippen LogP contribution in [0.3, 0.4) is 0 Å². The molecule has 1 aliphatic heterocycles. The molecule has 0 saturated carbocycles. The molecule has 0 bridgehead atoms. The van der Waals surface area contributed by atoms with Gasteiger partial charge >= 0.3 is 0 Å². The van der Waals surface area contributed by atoms with Gasteiger partial charge in [0.1, 0.15) is 0 Å². The van der Waals surface area contributed by atoms with Crippen molar-refractivity contribution in [2.24, 2.45) is 11.1 Å². The molecule has 1 amide bonds. The molecule has 0 aromatic carbocycles. The molecule has 5 heteroatoms. The fraction of sp³-hybridized carbons (Fsp3) is 0.833. The molecule has 0 aromatic heterocycles. The van der Waals surface area contributed by atoms with Gasteiger partial charge in [-0.3, -0.25) is 4.79 Å². The Bertz CT molecular complexity index is 289. The third-order valence-corrected chi connectivity index (χ3v) is 4.11. The van der Waals surface area contributed by atoms with Gasteiger partial charge in [0, 0.05) is 13.1 Å². The van der Waals surface area contributed by atoms with Crippen molar-refractivity contribution in [3.05, 3.63) is 0 Å². The van der Waals surface area contributed by atoms with Gasteiger partial charge < -0.3 is 16.0 Å². The number of nitrogens with two attached hydrogens (primary N) is 1. The summed E-state index contributed by atoms with van der Waals surface area (Å²) in [6.07, 6.45) is 3.18. The van der Waals surface area contributed by atoms with Gasteiger partial charge in [0.25, 0.3) is 0 Å². The number of carbonyl (C=O) groups excluding carboxylic acids is 1. The third kappa shape index (κ3) is 3.64. The van der Waals surface area contributed by atoms with Crippen LogP contribution in [0.2, 0.25) is 0 Å². The molecule has 1 heterocycles. The van der Waals surface area contributed by atoms with E-state index in [0.29, 0.717) is 13.0 Å². The van der Waals surface area contributed by atoms with Crippen LogP contribution in [0.5, 0.6) is 0 Å². The minimum atomic E-state index is -0.708. The van der Waals surface area contributed by atoms with Gasteiger partial charge in [0.2, 0.25) is 5.91 Å². The lowest BCUT2D eigenvalue weighted by molar-refractivity contribution is -0.127. The number of carbonyl (C=O) groups is 1. The second-order valence-corrected chi connectivity index (χ2v) is 5.29. The Morgan fingerprint density at radius 2 is 2.06 bits per heavy atom. The maximum absolute atomic E-state index is 12.0. The van der Waals surface area contributed by atoms with E-state index in [9.17, 15) is 4.79 Å². The molecular formula is C12H23N3OS. The Balaban J connectivity index is 2.34. The first-order valence-electron chi connectivity index (χ1n) is 6.31. The van der Waals surface area contributed by atoms with E-state index in [4.69, 9.17) is 18.0 Å². The third-order valence-electron chi connectivity index (χ3n) is 3.66. The van der Waals surface area contributed by atoms with Crippen LogP contribution in [-0.4, -0.2) is 42.0 Å². The molecule has 0 aliphatic carbocycles. The van der Waals surface area contributed by atoms with Gasteiger partial charge in [-0.25, -0.2) is 0 Å². The monoisotopic (exact) mass is 257 g/mol. The highest BCUT2D eigenvalue weighted by Gasteiger charge is 2.34. The summed E-state index contributed by atoms with van der Waals surface area (Å²) in [6, 6.07) is 0. The van der Waals surface area contributed by atoms with Crippen molar-refractivity contribution < 1.29 is 4.79 Å². The van der Waals surface area contributed by atoms with Crippen molar-refractivity contribution in [1.29, 1.82) is 0 Å². The Kier molecular flexibility index (Phi) is 5.33. The van der Waals surface area contributed by atoms with E-state index in [2.05, 4.69) is 10.2 Å². The standard InChI is InChI=1S/C12H23N3OS/c1-3-12(2,10(13)17)11(16)14-6-9-15-7-4-5-8-15/h3-9H2,1-2H3,(H2,13,17)(H,14,16). The molecule has 17 heavy (non-hydrogen) atoms. The molecule has 1 atom stereocenters. The van der Waals surface area contributed by atoms with E-state index in [0.717, 1.165) is 19.6 Å². The normalized spacial score (nSPS) is 19.9.